The lowest BCUT2D eigenvalue weighted by Gasteiger charge is -2.18. The fourth-order valence-electron chi connectivity index (χ4n) is 2.33. The molecule has 0 aromatic heterocycles. The van der Waals surface area contributed by atoms with Gasteiger partial charge in [-0.3, -0.25) is 9.59 Å². The zero-order chi connectivity index (χ0) is 15.3. The second-order valence-corrected chi connectivity index (χ2v) is 4.50. The monoisotopic (exact) mass is 288 g/mol. The molecule has 0 spiro atoms. The number of halogens is 2. The predicted molar refractivity (Wildman–Crippen MR) is 66.6 cm³/mol. The molecule has 3 rings (SSSR count). The Hall–Kier alpha value is -2.89. The minimum atomic E-state index is -1.29. The molecule has 1 aliphatic carbocycles. The highest BCUT2D eigenvalue weighted by Gasteiger charge is 2.35. The Morgan fingerprint density at radius 2 is 1.38 bits per heavy atom. The quantitative estimate of drug-likeness (QED) is 0.746. The van der Waals surface area contributed by atoms with Crippen LogP contribution in [0.2, 0.25) is 0 Å². The molecule has 104 valence electrons. The molecule has 0 saturated heterocycles. The van der Waals surface area contributed by atoms with Gasteiger partial charge in [0.05, 0.1) is 16.7 Å². The minimum absolute atomic E-state index is 0.137. The number of carboxylic acids is 1. The maximum absolute atomic E-state index is 13.8. The average molecular weight is 288 g/mol. The van der Waals surface area contributed by atoms with Crippen molar-refractivity contribution in [3.05, 3.63) is 69.8 Å². The second kappa shape index (κ2) is 4.31. The molecular weight excluding hydrogens is 282 g/mol. The van der Waals surface area contributed by atoms with Crippen molar-refractivity contribution in [2.75, 3.05) is 0 Å². The molecule has 2 aromatic carbocycles. The van der Waals surface area contributed by atoms with Gasteiger partial charge in [0, 0.05) is 11.1 Å². The standard InChI is InChI=1S/C15H6F2O4/c16-9-3-4-10(17)12-11(9)13(18)7-2-1-6(15(20)21)5-8(7)14(12)19/h1-5H,(H,20,21). The first-order valence-electron chi connectivity index (χ1n) is 5.86. The lowest BCUT2D eigenvalue weighted by Crippen LogP contribution is -2.24. The van der Waals surface area contributed by atoms with Gasteiger partial charge in [0.2, 0.25) is 0 Å². The summed E-state index contributed by atoms with van der Waals surface area (Å²) in [5.74, 6) is -5.04. The van der Waals surface area contributed by atoms with Gasteiger partial charge in [0.15, 0.2) is 11.6 Å². The molecule has 0 saturated carbocycles. The van der Waals surface area contributed by atoms with Crippen LogP contribution in [0.15, 0.2) is 30.3 Å². The molecule has 0 atom stereocenters. The van der Waals surface area contributed by atoms with Gasteiger partial charge >= 0.3 is 5.97 Å². The fraction of sp³-hybridized carbons (Fsp3) is 0. The number of carbonyl (C=O) groups excluding carboxylic acids is 2. The van der Waals surface area contributed by atoms with Crippen molar-refractivity contribution >= 4 is 17.5 Å². The van der Waals surface area contributed by atoms with Crippen LogP contribution in [0.3, 0.4) is 0 Å². The molecule has 1 aliphatic rings. The Bertz CT molecular complexity index is 840. The van der Waals surface area contributed by atoms with Crippen molar-refractivity contribution in [1.29, 1.82) is 0 Å². The van der Waals surface area contributed by atoms with Crippen molar-refractivity contribution in [3.8, 4) is 0 Å². The van der Waals surface area contributed by atoms with Crippen LogP contribution in [-0.2, 0) is 0 Å². The van der Waals surface area contributed by atoms with Crippen LogP contribution < -0.4 is 0 Å². The summed E-state index contributed by atoms with van der Waals surface area (Å²) in [6.45, 7) is 0. The van der Waals surface area contributed by atoms with E-state index in [1.807, 2.05) is 0 Å². The summed E-state index contributed by atoms with van der Waals surface area (Å²) in [5, 5.41) is 8.90. The third-order valence-corrected chi connectivity index (χ3v) is 3.31. The molecule has 0 radical (unpaired) electrons. The van der Waals surface area contributed by atoms with Gasteiger partial charge < -0.3 is 5.11 Å². The Balaban J connectivity index is 2.33. The number of fused-ring (bicyclic) bond motifs is 2. The number of rotatable bonds is 1. The van der Waals surface area contributed by atoms with E-state index in [1.165, 1.54) is 0 Å². The topological polar surface area (TPSA) is 71.4 Å². The Labute approximate surface area is 116 Å². The van der Waals surface area contributed by atoms with E-state index in [0.29, 0.717) is 0 Å². The van der Waals surface area contributed by atoms with Gasteiger partial charge in [-0.05, 0) is 30.3 Å². The normalized spacial score (nSPS) is 12.9. The highest BCUT2D eigenvalue weighted by Crippen LogP contribution is 2.31. The summed E-state index contributed by atoms with van der Waals surface area (Å²) < 4.78 is 27.5. The van der Waals surface area contributed by atoms with Crippen LogP contribution >= 0.6 is 0 Å². The number of ketones is 2. The van der Waals surface area contributed by atoms with Crippen molar-refractivity contribution in [2.45, 2.75) is 0 Å². The Morgan fingerprint density at radius 3 is 1.90 bits per heavy atom. The third kappa shape index (κ3) is 1.76. The molecule has 0 bridgehead atoms. The zero-order valence-corrected chi connectivity index (χ0v) is 10.3. The van der Waals surface area contributed by atoms with Crippen LogP contribution in [0.4, 0.5) is 8.78 Å². The van der Waals surface area contributed by atoms with E-state index < -0.39 is 40.3 Å². The van der Waals surface area contributed by atoms with Crippen LogP contribution in [0.1, 0.15) is 42.2 Å². The average Bonchev–Trinajstić information content (AvgIpc) is 2.46. The largest absolute Gasteiger partial charge is 0.478 e. The first-order valence-corrected chi connectivity index (χ1v) is 5.86. The fourth-order valence-corrected chi connectivity index (χ4v) is 2.33. The smallest absolute Gasteiger partial charge is 0.335 e. The minimum Gasteiger partial charge on any atom is -0.478 e. The second-order valence-electron chi connectivity index (χ2n) is 4.50. The SMILES string of the molecule is O=C(O)c1ccc2c(c1)C(=O)c1c(F)ccc(F)c1C2=O. The van der Waals surface area contributed by atoms with Crippen molar-refractivity contribution in [3.63, 3.8) is 0 Å². The van der Waals surface area contributed by atoms with Crippen molar-refractivity contribution in [2.24, 2.45) is 0 Å². The number of hydrogen-bond acceptors (Lipinski definition) is 3. The third-order valence-electron chi connectivity index (χ3n) is 3.31. The van der Waals surface area contributed by atoms with Crippen molar-refractivity contribution < 1.29 is 28.3 Å². The molecule has 4 nitrogen and oxygen atoms in total. The first kappa shape index (κ1) is 13.1. The summed E-state index contributed by atoms with van der Waals surface area (Å²) >= 11 is 0. The molecule has 0 aliphatic heterocycles. The summed E-state index contributed by atoms with van der Waals surface area (Å²) in [4.78, 5) is 35.4. The molecule has 1 N–H and O–H groups in total. The first-order chi connectivity index (χ1) is 9.91. The Kier molecular flexibility index (Phi) is 2.69. The molecule has 2 aromatic rings. The van der Waals surface area contributed by atoms with E-state index in [-0.39, 0.29) is 16.7 Å². The number of aromatic carboxylic acids is 1. The Morgan fingerprint density at radius 1 is 0.857 bits per heavy atom. The van der Waals surface area contributed by atoms with Gasteiger partial charge in [-0.15, -0.1) is 0 Å². The number of hydrogen-bond donors (Lipinski definition) is 1. The van der Waals surface area contributed by atoms with Crippen molar-refractivity contribution in [1.82, 2.24) is 0 Å². The summed E-state index contributed by atoms with van der Waals surface area (Å²) in [5.41, 5.74) is -1.86. The summed E-state index contributed by atoms with van der Waals surface area (Å²) in [6.07, 6.45) is 0. The van der Waals surface area contributed by atoms with E-state index >= 15 is 0 Å². The number of carboxylic acid groups (broad SMARTS) is 1. The van der Waals surface area contributed by atoms with Crippen LogP contribution in [-0.4, -0.2) is 22.6 Å². The van der Waals surface area contributed by atoms with Crippen LogP contribution in [0, 0.1) is 11.6 Å². The van der Waals surface area contributed by atoms with Crippen LogP contribution in [0.25, 0.3) is 0 Å². The molecule has 0 fully saturated rings. The van der Waals surface area contributed by atoms with E-state index in [2.05, 4.69) is 0 Å². The van der Waals surface area contributed by atoms with E-state index in [1.54, 1.807) is 0 Å². The summed E-state index contributed by atoms with van der Waals surface area (Å²) in [7, 11) is 0. The lowest BCUT2D eigenvalue weighted by molar-refractivity contribution is 0.0696. The van der Waals surface area contributed by atoms with Gasteiger partial charge in [0.1, 0.15) is 11.6 Å². The van der Waals surface area contributed by atoms with E-state index in [4.69, 9.17) is 5.11 Å². The highest BCUT2D eigenvalue weighted by atomic mass is 19.1. The van der Waals surface area contributed by atoms with Gasteiger partial charge in [-0.25, -0.2) is 13.6 Å². The molecule has 0 amide bonds. The molecule has 0 unspecified atom stereocenters. The lowest BCUT2D eigenvalue weighted by atomic mass is 9.83. The highest BCUT2D eigenvalue weighted by molar-refractivity contribution is 6.28. The number of benzene rings is 2. The van der Waals surface area contributed by atoms with Gasteiger partial charge in [-0.2, -0.15) is 0 Å². The maximum atomic E-state index is 13.8. The van der Waals surface area contributed by atoms with Crippen LogP contribution in [0.5, 0.6) is 0 Å². The van der Waals surface area contributed by atoms with E-state index in [9.17, 15) is 23.2 Å². The molecular formula is C15H6F2O4. The molecule has 0 heterocycles. The molecule has 6 heteroatoms. The maximum Gasteiger partial charge on any atom is 0.335 e. The number of carbonyl (C=O) groups is 3. The van der Waals surface area contributed by atoms with Gasteiger partial charge in [-0.1, -0.05) is 0 Å². The zero-order valence-electron chi connectivity index (χ0n) is 10.3. The van der Waals surface area contributed by atoms with E-state index in [0.717, 1.165) is 30.3 Å². The summed E-state index contributed by atoms with van der Waals surface area (Å²) in [6, 6.07) is 4.79. The predicted octanol–water partition coefficient (Wildman–Crippen LogP) is 2.44. The van der Waals surface area contributed by atoms with Gasteiger partial charge in [0.25, 0.3) is 0 Å². The molecule has 21 heavy (non-hydrogen) atoms.